The molecule has 8 heteroatoms. The van der Waals surface area contributed by atoms with E-state index in [1.807, 2.05) is 16.7 Å². The van der Waals surface area contributed by atoms with Gasteiger partial charge in [-0.05, 0) is 32.6 Å². The molecule has 1 aromatic heterocycles. The van der Waals surface area contributed by atoms with Crippen LogP contribution in [0, 0.1) is 0 Å². The summed E-state index contributed by atoms with van der Waals surface area (Å²) in [6.07, 6.45) is 6.50. The highest BCUT2D eigenvalue weighted by atomic mass is 32.2. The summed E-state index contributed by atoms with van der Waals surface area (Å²) in [5, 5.41) is 10.1. The fourth-order valence-corrected chi connectivity index (χ4v) is 5.83. The number of hydrogen-bond donors (Lipinski definition) is 1. The van der Waals surface area contributed by atoms with Crippen molar-refractivity contribution in [1.29, 1.82) is 0 Å². The average Bonchev–Trinajstić information content (AvgIpc) is 3.49. The normalized spacial score (nSPS) is 26.2. The summed E-state index contributed by atoms with van der Waals surface area (Å²) >= 11 is 1.84. The summed E-state index contributed by atoms with van der Waals surface area (Å²) in [4.78, 5) is 16.5. The van der Waals surface area contributed by atoms with Crippen molar-refractivity contribution in [2.24, 2.45) is 0 Å². The van der Waals surface area contributed by atoms with Crippen LogP contribution >= 0.6 is 11.8 Å². The smallest absolute Gasteiger partial charge is 0.251 e. The van der Waals surface area contributed by atoms with Gasteiger partial charge in [-0.2, -0.15) is 0 Å². The standard InChI is InChI=1S/C20H33N5O2S/c1-2-25-18(21-22-20(25)28-14-12-23-9-3-4-10-23)16-7-5-11-24(15-16)19(26)17-8-6-13-27-17/h16-17H,2-15H2,1H3/p+1/t16-,17-/m1/s1. The van der Waals surface area contributed by atoms with Crippen LogP contribution in [0.4, 0.5) is 0 Å². The minimum atomic E-state index is -0.220. The molecule has 0 unspecified atom stereocenters. The van der Waals surface area contributed by atoms with Gasteiger partial charge in [0.1, 0.15) is 11.9 Å². The molecule has 0 bridgehead atoms. The van der Waals surface area contributed by atoms with Crippen molar-refractivity contribution < 1.29 is 14.4 Å². The predicted octanol–water partition coefficient (Wildman–Crippen LogP) is 0.954. The highest BCUT2D eigenvalue weighted by Gasteiger charge is 2.33. The van der Waals surface area contributed by atoms with Gasteiger partial charge in [-0.15, -0.1) is 10.2 Å². The maximum Gasteiger partial charge on any atom is 0.251 e. The number of likely N-dealkylation sites (tertiary alicyclic amines) is 2. The number of hydrogen-bond acceptors (Lipinski definition) is 5. The number of quaternary nitrogens is 1. The number of piperidine rings is 1. The Bertz CT molecular complexity index is 655. The van der Waals surface area contributed by atoms with Gasteiger partial charge in [0.2, 0.25) is 0 Å². The van der Waals surface area contributed by atoms with Gasteiger partial charge in [0, 0.05) is 45.0 Å². The fourth-order valence-electron chi connectivity index (χ4n) is 4.78. The Balaban J connectivity index is 1.37. The molecule has 4 heterocycles. The largest absolute Gasteiger partial charge is 0.368 e. The highest BCUT2D eigenvalue weighted by Crippen LogP contribution is 2.29. The number of ether oxygens (including phenoxy) is 1. The molecule has 4 rings (SSSR count). The van der Waals surface area contributed by atoms with Gasteiger partial charge in [0.05, 0.1) is 25.4 Å². The maximum atomic E-state index is 12.8. The Morgan fingerprint density at radius 1 is 1.21 bits per heavy atom. The molecule has 3 aliphatic heterocycles. The Morgan fingerprint density at radius 2 is 2.07 bits per heavy atom. The van der Waals surface area contributed by atoms with E-state index in [1.165, 1.54) is 32.5 Å². The third kappa shape index (κ3) is 4.54. The van der Waals surface area contributed by atoms with Gasteiger partial charge < -0.3 is 19.1 Å². The summed E-state index contributed by atoms with van der Waals surface area (Å²) in [5.41, 5.74) is 0. The van der Waals surface area contributed by atoms with E-state index in [1.54, 1.807) is 4.90 Å². The molecule has 1 N–H and O–H groups in total. The second-order valence-electron chi connectivity index (χ2n) is 8.27. The third-order valence-corrected chi connectivity index (χ3v) is 7.33. The van der Waals surface area contributed by atoms with Gasteiger partial charge >= 0.3 is 0 Å². The van der Waals surface area contributed by atoms with Crippen LogP contribution in [0.2, 0.25) is 0 Å². The lowest BCUT2D eigenvalue weighted by molar-refractivity contribution is -0.884. The Hall–Kier alpha value is -1.12. The minimum Gasteiger partial charge on any atom is -0.368 e. The first-order chi connectivity index (χ1) is 13.8. The summed E-state index contributed by atoms with van der Waals surface area (Å²) in [6.45, 7) is 9.22. The molecule has 1 aromatic rings. The molecule has 3 aliphatic rings. The van der Waals surface area contributed by atoms with Crippen LogP contribution in [0.5, 0.6) is 0 Å². The van der Waals surface area contributed by atoms with E-state index in [4.69, 9.17) is 4.74 Å². The Kier molecular flexibility index (Phi) is 6.90. The van der Waals surface area contributed by atoms with Crippen LogP contribution in [0.1, 0.15) is 57.2 Å². The van der Waals surface area contributed by atoms with Crippen molar-refractivity contribution in [1.82, 2.24) is 19.7 Å². The lowest BCUT2D eigenvalue weighted by Crippen LogP contribution is -3.10. The van der Waals surface area contributed by atoms with Gasteiger partial charge in [0.25, 0.3) is 5.91 Å². The molecule has 0 aliphatic carbocycles. The topological polar surface area (TPSA) is 64.7 Å². The van der Waals surface area contributed by atoms with Crippen molar-refractivity contribution in [2.45, 2.75) is 69.2 Å². The van der Waals surface area contributed by atoms with E-state index >= 15 is 0 Å². The first kappa shape index (κ1) is 20.2. The molecule has 0 saturated carbocycles. The zero-order chi connectivity index (χ0) is 19.3. The second-order valence-corrected chi connectivity index (χ2v) is 9.33. The van der Waals surface area contributed by atoms with Gasteiger partial charge in [-0.1, -0.05) is 11.8 Å². The Labute approximate surface area is 172 Å². The van der Waals surface area contributed by atoms with E-state index in [9.17, 15) is 4.79 Å². The van der Waals surface area contributed by atoms with E-state index in [0.29, 0.717) is 0 Å². The maximum absolute atomic E-state index is 12.8. The minimum absolute atomic E-state index is 0.174. The van der Waals surface area contributed by atoms with Crippen LogP contribution in [-0.2, 0) is 16.1 Å². The van der Waals surface area contributed by atoms with Gasteiger partial charge in [-0.25, -0.2) is 0 Å². The van der Waals surface area contributed by atoms with Crippen molar-refractivity contribution in [3.8, 4) is 0 Å². The third-order valence-electron chi connectivity index (χ3n) is 6.36. The number of carbonyl (C=O) groups excluding carboxylic acids is 1. The van der Waals surface area contributed by atoms with Crippen molar-refractivity contribution >= 4 is 17.7 Å². The molecule has 7 nitrogen and oxygen atoms in total. The summed E-state index contributed by atoms with van der Waals surface area (Å²) in [5.74, 6) is 2.61. The Morgan fingerprint density at radius 3 is 2.82 bits per heavy atom. The van der Waals surface area contributed by atoms with Crippen molar-refractivity contribution in [2.75, 3.05) is 45.1 Å². The van der Waals surface area contributed by atoms with Crippen molar-refractivity contribution in [3.05, 3.63) is 5.82 Å². The fraction of sp³-hybridized carbons (Fsp3) is 0.850. The van der Waals surface area contributed by atoms with Crippen LogP contribution < -0.4 is 4.90 Å². The molecular weight excluding hydrogens is 374 g/mol. The van der Waals surface area contributed by atoms with Gasteiger partial charge in [0.15, 0.2) is 5.16 Å². The number of amides is 1. The molecule has 0 aromatic carbocycles. The lowest BCUT2D eigenvalue weighted by atomic mass is 9.96. The zero-order valence-corrected chi connectivity index (χ0v) is 17.9. The number of aromatic nitrogens is 3. The van der Waals surface area contributed by atoms with E-state index in [-0.39, 0.29) is 17.9 Å². The van der Waals surface area contributed by atoms with Crippen LogP contribution in [0.15, 0.2) is 5.16 Å². The summed E-state index contributed by atoms with van der Waals surface area (Å²) < 4.78 is 7.89. The monoisotopic (exact) mass is 408 g/mol. The molecule has 0 spiro atoms. The molecule has 3 fully saturated rings. The van der Waals surface area contributed by atoms with Crippen LogP contribution in [-0.4, -0.2) is 76.8 Å². The molecule has 28 heavy (non-hydrogen) atoms. The van der Waals surface area contributed by atoms with E-state index in [0.717, 1.165) is 68.7 Å². The first-order valence-electron chi connectivity index (χ1n) is 11.1. The predicted molar refractivity (Wildman–Crippen MR) is 109 cm³/mol. The molecule has 0 radical (unpaired) electrons. The lowest BCUT2D eigenvalue weighted by Gasteiger charge is -2.33. The number of rotatable bonds is 7. The average molecular weight is 409 g/mol. The zero-order valence-electron chi connectivity index (χ0n) is 17.1. The molecule has 2 atom stereocenters. The quantitative estimate of drug-likeness (QED) is 0.681. The second kappa shape index (κ2) is 9.59. The molecule has 1 amide bonds. The van der Waals surface area contributed by atoms with Gasteiger partial charge in [-0.3, -0.25) is 4.79 Å². The first-order valence-corrected chi connectivity index (χ1v) is 12.0. The molecule has 156 valence electrons. The molecule has 3 saturated heterocycles. The number of carbonyl (C=O) groups is 1. The van der Waals surface area contributed by atoms with Crippen LogP contribution in [0.25, 0.3) is 0 Å². The van der Waals surface area contributed by atoms with E-state index in [2.05, 4.69) is 21.7 Å². The number of nitrogens with zero attached hydrogens (tertiary/aromatic N) is 4. The summed E-state index contributed by atoms with van der Waals surface area (Å²) in [6, 6.07) is 0. The van der Waals surface area contributed by atoms with E-state index < -0.39 is 0 Å². The van der Waals surface area contributed by atoms with Crippen LogP contribution in [0.3, 0.4) is 0 Å². The summed E-state index contributed by atoms with van der Waals surface area (Å²) in [7, 11) is 0. The van der Waals surface area contributed by atoms with Crippen molar-refractivity contribution in [3.63, 3.8) is 0 Å². The SMILES string of the molecule is CCn1c(SCC[NH+]2CCCC2)nnc1[C@@H]1CCCN(C(=O)[C@H]2CCCO2)C1. The number of nitrogens with one attached hydrogen (secondary N) is 1. The number of thioether (sulfide) groups is 1. The molecular formula is C20H34N5O2S+. The highest BCUT2D eigenvalue weighted by molar-refractivity contribution is 7.99.